The smallest absolute Gasteiger partial charge is 0.338 e. The Bertz CT molecular complexity index is 515. The zero-order valence-electron chi connectivity index (χ0n) is 13.5. The molecule has 1 atom stereocenters. The Morgan fingerprint density at radius 1 is 1.27 bits per heavy atom. The molecule has 0 aliphatic heterocycles. The Balaban J connectivity index is 2.82. The van der Waals surface area contributed by atoms with Crippen LogP contribution < -0.4 is 10.1 Å². The monoisotopic (exact) mass is 309 g/mol. The van der Waals surface area contributed by atoms with Gasteiger partial charge in [-0.1, -0.05) is 0 Å². The summed E-state index contributed by atoms with van der Waals surface area (Å²) in [7, 11) is 1.56. The number of hydrogen-bond donors (Lipinski definition) is 1. The van der Waals surface area contributed by atoms with Gasteiger partial charge in [0.1, 0.15) is 5.75 Å². The number of likely N-dealkylation sites (N-methyl/N-ethyl adjacent to an activating group) is 1. The third-order valence-electron chi connectivity index (χ3n) is 2.98. The first-order valence-corrected chi connectivity index (χ1v) is 7.26. The molecule has 122 valence electrons. The Labute approximate surface area is 130 Å². The van der Waals surface area contributed by atoms with Gasteiger partial charge in [0.25, 0.3) is 5.91 Å². The SMILES string of the molecule is CCNC(=O)[C@H](C)OC(=O)c1ccc(OC)c(COCC)c1. The second-order valence-corrected chi connectivity index (χ2v) is 4.61. The average molecular weight is 309 g/mol. The summed E-state index contributed by atoms with van der Waals surface area (Å²) in [6, 6.07) is 4.93. The van der Waals surface area contributed by atoms with Gasteiger partial charge in [-0.2, -0.15) is 0 Å². The van der Waals surface area contributed by atoms with Crippen LogP contribution in [-0.2, 0) is 20.9 Å². The van der Waals surface area contributed by atoms with Gasteiger partial charge in [-0.15, -0.1) is 0 Å². The Morgan fingerprint density at radius 2 is 2.00 bits per heavy atom. The molecule has 1 rings (SSSR count). The molecule has 1 N–H and O–H groups in total. The quantitative estimate of drug-likeness (QED) is 0.743. The van der Waals surface area contributed by atoms with E-state index < -0.39 is 12.1 Å². The molecule has 1 aromatic carbocycles. The highest BCUT2D eigenvalue weighted by Gasteiger charge is 2.19. The van der Waals surface area contributed by atoms with Crippen molar-refractivity contribution in [1.82, 2.24) is 5.32 Å². The highest BCUT2D eigenvalue weighted by atomic mass is 16.5. The van der Waals surface area contributed by atoms with Crippen LogP contribution in [0.25, 0.3) is 0 Å². The Morgan fingerprint density at radius 3 is 2.59 bits per heavy atom. The fraction of sp³-hybridized carbons (Fsp3) is 0.500. The molecular formula is C16H23NO5. The van der Waals surface area contributed by atoms with Gasteiger partial charge in [0.05, 0.1) is 19.3 Å². The largest absolute Gasteiger partial charge is 0.496 e. The van der Waals surface area contributed by atoms with E-state index in [1.807, 2.05) is 6.92 Å². The van der Waals surface area contributed by atoms with E-state index in [0.717, 1.165) is 5.56 Å². The molecule has 0 saturated heterocycles. The molecule has 0 saturated carbocycles. The molecular weight excluding hydrogens is 286 g/mol. The number of carbonyl (C=O) groups excluding carboxylic acids is 2. The average Bonchev–Trinajstić information content (AvgIpc) is 2.52. The van der Waals surface area contributed by atoms with E-state index >= 15 is 0 Å². The van der Waals surface area contributed by atoms with E-state index in [1.165, 1.54) is 6.92 Å². The number of rotatable bonds is 8. The molecule has 6 heteroatoms. The number of benzene rings is 1. The summed E-state index contributed by atoms with van der Waals surface area (Å²) in [5.74, 6) is -0.236. The normalized spacial score (nSPS) is 11.6. The highest BCUT2D eigenvalue weighted by Crippen LogP contribution is 2.21. The molecule has 1 aromatic rings. The van der Waals surface area contributed by atoms with Crippen molar-refractivity contribution >= 4 is 11.9 Å². The molecule has 0 unspecified atom stereocenters. The van der Waals surface area contributed by atoms with Crippen molar-refractivity contribution in [3.05, 3.63) is 29.3 Å². The summed E-state index contributed by atoms with van der Waals surface area (Å²) in [6.07, 6.45) is -0.843. The molecule has 0 spiro atoms. The van der Waals surface area contributed by atoms with Gasteiger partial charge >= 0.3 is 5.97 Å². The maximum Gasteiger partial charge on any atom is 0.338 e. The van der Waals surface area contributed by atoms with Crippen molar-refractivity contribution < 1.29 is 23.8 Å². The van der Waals surface area contributed by atoms with E-state index in [9.17, 15) is 9.59 Å². The summed E-state index contributed by atoms with van der Waals surface area (Å²) >= 11 is 0. The van der Waals surface area contributed by atoms with Crippen molar-refractivity contribution in [1.29, 1.82) is 0 Å². The third kappa shape index (κ3) is 5.04. The van der Waals surface area contributed by atoms with Gasteiger partial charge in [-0.25, -0.2) is 4.79 Å². The number of ether oxygens (including phenoxy) is 3. The minimum Gasteiger partial charge on any atom is -0.496 e. The molecule has 0 heterocycles. The van der Waals surface area contributed by atoms with Gasteiger partial charge < -0.3 is 19.5 Å². The van der Waals surface area contributed by atoms with Crippen LogP contribution in [0.1, 0.15) is 36.7 Å². The lowest BCUT2D eigenvalue weighted by molar-refractivity contribution is -0.128. The summed E-state index contributed by atoms with van der Waals surface area (Å²) in [5, 5.41) is 2.60. The van der Waals surface area contributed by atoms with E-state index in [2.05, 4.69) is 5.32 Å². The number of methoxy groups -OCH3 is 1. The van der Waals surface area contributed by atoms with Crippen molar-refractivity contribution in [2.75, 3.05) is 20.3 Å². The van der Waals surface area contributed by atoms with Crippen LogP contribution in [0, 0.1) is 0 Å². The van der Waals surface area contributed by atoms with Crippen molar-refractivity contribution in [3.8, 4) is 5.75 Å². The molecule has 1 amide bonds. The first-order valence-electron chi connectivity index (χ1n) is 7.26. The lowest BCUT2D eigenvalue weighted by Gasteiger charge is -2.14. The van der Waals surface area contributed by atoms with Crippen LogP contribution in [0.5, 0.6) is 5.75 Å². The second-order valence-electron chi connectivity index (χ2n) is 4.61. The first kappa shape index (κ1) is 18.0. The number of carbonyl (C=O) groups is 2. The Hall–Kier alpha value is -2.08. The molecule has 0 bridgehead atoms. The molecule has 0 aromatic heterocycles. The van der Waals surface area contributed by atoms with Crippen LogP contribution in [0.3, 0.4) is 0 Å². The van der Waals surface area contributed by atoms with E-state index in [4.69, 9.17) is 14.2 Å². The molecule has 0 aliphatic rings. The van der Waals surface area contributed by atoms with E-state index in [1.54, 1.807) is 32.2 Å². The maximum atomic E-state index is 12.1. The predicted molar refractivity (Wildman–Crippen MR) is 81.9 cm³/mol. The maximum absolute atomic E-state index is 12.1. The van der Waals surface area contributed by atoms with Gasteiger partial charge in [0, 0.05) is 18.7 Å². The molecule has 0 radical (unpaired) electrons. The minimum absolute atomic E-state index is 0.320. The van der Waals surface area contributed by atoms with Crippen molar-refractivity contribution in [3.63, 3.8) is 0 Å². The van der Waals surface area contributed by atoms with Crippen LogP contribution in [-0.4, -0.2) is 38.2 Å². The molecule has 6 nitrogen and oxygen atoms in total. The van der Waals surface area contributed by atoms with Gasteiger partial charge in [0.2, 0.25) is 0 Å². The van der Waals surface area contributed by atoms with E-state index in [0.29, 0.717) is 31.1 Å². The fourth-order valence-electron chi connectivity index (χ4n) is 1.83. The zero-order chi connectivity index (χ0) is 16.5. The van der Waals surface area contributed by atoms with Crippen LogP contribution in [0.15, 0.2) is 18.2 Å². The predicted octanol–water partition coefficient (Wildman–Crippen LogP) is 1.91. The standard InChI is InChI=1S/C16H23NO5/c1-5-17-15(18)11(3)22-16(19)12-7-8-14(20-4)13(9-12)10-21-6-2/h7-9,11H,5-6,10H2,1-4H3,(H,17,18)/t11-/m0/s1. The van der Waals surface area contributed by atoms with Gasteiger partial charge in [0.15, 0.2) is 6.10 Å². The minimum atomic E-state index is -0.843. The third-order valence-corrected chi connectivity index (χ3v) is 2.98. The molecule has 0 fully saturated rings. The van der Waals surface area contributed by atoms with Crippen LogP contribution in [0.4, 0.5) is 0 Å². The topological polar surface area (TPSA) is 73.9 Å². The highest BCUT2D eigenvalue weighted by molar-refractivity contribution is 5.92. The number of hydrogen-bond acceptors (Lipinski definition) is 5. The second kappa shape index (κ2) is 9.04. The summed E-state index contributed by atoms with van der Waals surface area (Å²) < 4.78 is 15.7. The van der Waals surface area contributed by atoms with Crippen LogP contribution >= 0.6 is 0 Å². The number of esters is 1. The lowest BCUT2D eigenvalue weighted by Crippen LogP contribution is -2.35. The van der Waals surface area contributed by atoms with E-state index in [-0.39, 0.29) is 5.91 Å². The van der Waals surface area contributed by atoms with Gasteiger partial charge in [-0.05, 0) is 39.0 Å². The summed E-state index contributed by atoms with van der Waals surface area (Å²) in [5.41, 5.74) is 1.11. The lowest BCUT2D eigenvalue weighted by atomic mass is 10.1. The molecule has 22 heavy (non-hydrogen) atoms. The summed E-state index contributed by atoms with van der Waals surface area (Å²) in [4.78, 5) is 23.7. The van der Waals surface area contributed by atoms with Crippen molar-refractivity contribution in [2.24, 2.45) is 0 Å². The molecule has 0 aliphatic carbocycles. The fourth-order valence-corrected chi connectivity index (χ4v) is 1.83. The number of amides is 1. The Kier molecular flexibility index (Phi) is 7.39. The summed E-state index contributed by atoms with van der Waals surface area (Å²) in [6.45, 7) is 6.61. The van der Waals surface area contributed by atoms with Crippen LogP contribution in [0.2, 0.25) is 0 Å². The zero-order valence-corrected chi connectivity index (χ0v) is 13.5. The van der Waals surface area contributed by atoms with Crippen molar-refractivity contribution in [2.45, 2.75) is 33.5 Å². The first-order chi connectivity index (χ1) is 10.5. The number of nitrogens with one attached hydrogen (secondary N) is 1. The van der Waals surface area contributed by atoms with Gasteiger partial charge in [-0.3, -0.25) is 4.79 Å².